The van der Waals surface area contributed by atoms with Crippen LogP contribution in [0.5, 0.6) is 0 Å². The van der Waals surface area contributed by atoms with E-state index in [9.17, 15) is 27.9 Å². The minimum atomic E-state index is -4.52. The molecular formula is C28H23F3N4O3. The number of nitrogens with zero attached hydrogens (tertiary/aromatic N) is 3. The number of carboxylic acid groups (broad SMARTS) is 1. The minimum Gasteiger partial charge on any atom is -0.480 e. The van der Waals surface area contributed by atoms with Crippen molar-refractivity contribution < 1.29 is 27.9 Å². The first-order valence-electron chi connectivity index (χ1n) is 12.1. The van der Waals surface area contributed by atoms with E-state index in [1.165, 1.54) is 11.0 Å². The molecule has 0 bridgehead atoms. The van der Waals surface area contributed by atoms with Crippen molar-refractivity contribution in [2.45, 2.75) is 31.5 Å². The molecule has 38 heavy (non-hydrogen) atoms. The number of halogens is 3. The first kappa shape index (κ1) is 25.2. The van der Waals surface area contributed by atoms with Gasteiger partial charge < -0.3 is 15.3 Å². The van der Waals surface area contributed by atoms with E-state index in [2.05, 4.69) is 15.3 Å². The summed E-state index contributed by atoms with van der Waals surface area (Å²) >= 11 is 0. The van der Waals surface area contributed by atoms with Gasteiger partial charge >= 0.3 is 12.1 Å². The van der Waals surface area contributed by atoms with Gasteiger partial charge in [0.1, 0.15) is 11.7 Å². The molecule has 1 saturated heterocycles. The monoisotopic (exact) mass is 520 g/mol. The van der Waals surface area contributed by atoms with Crippen molar-refractivity contribution >= 4 is 34.4 Å². The molecule has 1 amide bonds. The molecule has 3 aromatic carbocycles. The van der Waals surface area contributed by atoms with E-state index in [4.69, 9.17) is 0 Å². The maximum absolute atomic E-state index is 13.3. The molecule has 4 aromatic rings. The predicted octanol–water partition coefficient (Wildman–Crippen LogP) is 6.14. The topological polar surface area (TPSA) is 95.4 Å². The van der Waals surface area contributed by atoms with E-state index in [0.29, 0.717) is 35.4 Å². The maximum Gasteiger partial charge on any atom is 0.416 e. The Balaban J connectivity index is 1.48. The zero-order valence-electron chi connectivity index (χ0n) is 20.1. The molecule has 1 aromatic heterocycles. The highest BCUT2D eigenvalue weighted by atomic mass is 19.4. The number of rotatable bonds is 5. The lowest BCUT2D eigenvalue weighted by atomic mass is 10.0. The molecule has 10 heteroatoms. The van der Waals surface area contributed by atoms with E-state index >= 15 is 0 Å². The molecular weight excluding hydrogens is 497 g/mol. The molecule has 7 nitrogen and oxygen atoms in total. The van der Waals surface area contributed by atoms with E-state index in [1.807, 2.05) is 30.3 Å². The van der Waals surface area contributed by atoms with Gasteiger partial charge in [-0.3, -0.25) is 4.79 Å². The van der Waals surface area contributed by atoms with Crippen molar-refractivity contribution in [2.24, 2.45) is 0 Å². The Labute approximate surface area is 216 Å². The van der Waals surface area contributed by atoms with Gasteiger partial charge in [-0.2, -0.15) is 13.2 Å². The number of carbonyl (C=O) groups excluding carboxylic acids is 1. The fourth-order valence-corrected chi connectivity index (χ4v) is 4.55. The van der Waals surface area contributed by atoms with Gasteiger partial charge in [0.25, 0.3) is 5.91 Å². The minimum absolute atomic E-state index is 0.0821. The molecule has 0 spiro atoms. The van der Waals surface area contributed by atoms with E-state index in [1.54, 1.807) is 24.3 Å². The summed E-state index contributed by atoms with van der Waals surface area (Å²) in [5, 5.41) is 12.6. The van der Waals surface area contributed by atoms with Gasteiger partial charge in [0.15, 0.2) is 5.82 Å². The number of benzene rings is 3. The number of piperidine rings is 1. The Morgan fingerprint density at radius 2 is 1.66 bits per heavy atom. The molecule has 0 aliphatic carbocycles. The zero-order chi connectivity index (χ0) is 26.9. The quantitative estimate of drug-likeness (QED) is 0.328. The SMILES string of the molecule is O=C(O)C1CCCCN1C(=O)c1ccc(Nc2nc3cc(C(F)(F)F)ccc3nc2-c2ccccc2)cc1. The summed E-state index contributed by atoms with van der Waals surface area (Å²) < 4.78 is 39.9. The van der Waals surface area contributed by atoms with Crippen LogP contribution in [0.1, 0.15) is 35.2 Å². The van der Waals surface area contributed by atoms with Crippen LogP contribution in [0.4, 0.5) is 24.7 Å². The smallest absolute Gasteiger partial charge is 0.416 e. The van der Waals surface area contributed by atoms with Gasteiger partial charge in [-0.25, -0.2) is 14.8 Å². The number of alkyl halides is 3. The van der Waals surface area contributed by atoms with Gasteiger partial charge in [0.05, 0.1) is 16.6 Å². The number of hydrogen-bond donors (Lipinski definition) is 2. The fraction of sp³-hybridized carbons (Fsp3) is 0.214. The van der Waals surface area contributed by atoms with Crippen LogP contribution in [0, 0.1) is 0 Å². The number of carboxylic acids is 1. The summed E-state index contributed by atoms with van der Waals surface area (Å²) in [4.78, 5) is 35.0. The second-order valence-corrected chi connectivity index (χ2v) is 9.04. The van der Waals surface area contributed by atoms with Crippen LogP contribution >= 0.6 is 0 Å². The predicted molar refractivity (Wildman–Crippen MR) is 136 cm³/mol. The van der Waals surface area contributed by atoms with Crippen molar-refractivity contribution in [3.8, 4) is 11.3 Å². The lowest BCUT2D eigenvalue weighted by molar-refractivity contribution is -0.143. The Bertz CT molecular complexity index is 1490. The average molecular weight is 521 g/mol. The number of amides is 1. The largest absolute Gasteiger partial charge is 0.480 e. The number of anilines is 2. The van der Waals surface area contributed by atoms with Crippen molar-refractivity contribution in [3.63, 3.8) is 0 Å². The third kappa shape index (κ3) is 5.15. The standard InChI is InChI=1S/C28H23F3N4O3/c29-28(30,31)19-11-14-21-22(16-19)34-25(24(33-21)17-6-2-1-3-7-17)32-20-12-9-18(10-13-20)26(36)35-15-5-4-8-23(35)27(37)38/h1-3,6-7,9-14,16,23H,4-5,8,15H2,(H,32,34)(H,37,38). The maximum atomic E-state index is 13.3. The van der Waals surface area contributed by atoms with Crippen LogP contribution in [0.25, 0.3) is 22.3 Å². The first-order valence-corrected chi connectivity index (χ1v) is 12.1. The molecule has 1 aliphatic heterocycles. The third-order valence-corrected chi connectivity index (χ3v) is 6.48. The fourth-order valence-electron chi connectivity index (χ4n) is 4.55. The number of carbonyl (C=O) groups is 2. The second kappa shape index (κ2) is 10.1. The van der Waals surface area contributed by atoms with Crippen LogP contribution in [0.15, 0.2) is 72.8 Å². The summed E-state index contributed by atoms with van der Waals surface area (Å²) in [6.07, 6.45) is -2.60. The highest BCUT2D eigenvalue weighted by Gasteiger charge is 2.33. The molecule has 2 N–H and O–H groups in total. The molecule has 2 heterocycles. The second-order valence-electron chi connectivity index (χ2n) is 9.04. The first-order chi connectivity index (χ1) is 18.2. The molecule has 1 aliphatic rings. The average Bonchev–Trinajstić information content (AvgIpc) is 2.92. The van der Waals surface area contributed by atoms with E-state index < -0.39 is 23.8 Å². The van der Waals surface area contributed by atoms with Gasteiger partial charge in [-0.05, 0) is 61.7 Å². The third-order valence-electron chi connectivity index (χ3n) is 6.48. The van der Waals surface area contributed by atoms with Crippen molar-refractivity contribution in [1.29, 1.82) is 0 Å². The molecule has 0 radical (unpaired) electrons. The number of aromatic nitrogens is 2. The Morgan fingerprint density at radius 3 is 2.34 bits per heavy atom. The Hall–Kier alpha value is -4.47. The summed E-state index contributed by atoms with van der Waals surface area (Å²) in [5.41, 5.74) is 1.63. The van der Waals surface area contributed by atoms with Gasteiger partial charge in [0.2, 0.25) is 0 Å². The summed E-state index contributed by atoms with van der Waals surface area (Å²) in [6, 6.07) is 18.0. The number of hydrogen-bond acceptors (Lipinski definition) is 5. The lowest BCUT2D eigenvalue weighted by Gasteiger charge is -2.33. The van der Waals surface area contributed by atoms with Crippen LogP contribution in [-0.2, 0) is 11.0 Å². The van der Waals surface area contributed by atoms with E-state index in [-0.39, 0.29) is 17.2 Å². The van der Waals surface area contributed by atoms with Gasteiger partial charge in [-0.1, -0.05) is 30.3 Å². The molecule has 1 unspecified atom stereocenters. The molecule has 1 fully saturated rings. The van der Waals surface area contributed by atoms with Crippen molar-refractivity contribution in [2.75, 3.05) is 11.9 Å². The Kier molecular flexibility index (Phi) is 6.71. The normalized spacial score (nSPS) is 15.9. The van der Waals surface area contributed by atoms with Crippen LogP contribution < -0.4 is 5.32 Å². The number of fused-ring (bicyclic) bond motifs is 1. The van der Waals surface area contributed by atoms with Gasteiger partial charge in [-0.15, -0.1) is 0 Å². The summed E-state index contributed by atoms with van der Waals surface area (Å²) in [5.74, 6) is -1.13. The van der Waals surface area contributed by atoms with Gasteiger partial charge in [0, 0.05) is 23.4 Å². The van der Waals surface area contributed by atoms with Crippen LogP contribution in [-0.4, -0.2) is 44.4 Å². The molecule has 1 atom stereocenters. The highest BCUT2D eigenvalue weighted by molar-refractivity contribution is 5.97. The number of likely N-dealkylation sites (tertiary alicyclic amines) is 1. The van der Waals surface area contributed by atoms with Crippen LogP contribution in [0.2, 0.25) is 0 Å². The lowest BCUT2D eigenvalue weighted by Crippen LogP contribution is -2.47. The highest BCUT2D eigenvalue weighted by Crippen LogP contribution is 2.34. The Morgan fingerprint density at radius 1 is 0.921 bits per heavy atom. The number of aliphatic carboxylic acids is 1. The number of nitrogens with one attached hydrogen (secondary N) is 1. The molecule has 0 saturated carbocycles. The van der Waals surface area contributed by atoms with Crippen molar-refractivity contribution in [1.82, 2.24) is 14.9 Å². The molecule has 194 valence electrons. The van der Waals surface area contributed by atoms with Crippen molar-refractivity contribution in [3.05, 3.63) is 83.9 Å². The summed E-state index contributed by atoms with van der Waals surface area (Å²) in [7, 11) is 0. The van der Waals surface area contributed by atoms with E-state index in [0.717, 1.165) is 30.5 Å². The zero-order valence-corrected chi connectivity index (χ0v) is 20.1. The molecule has 5 rings (SSSR count). The summed E-state index contributed by atoms with van der Waals surface area (Å²) in [6.45, 7) is 0.378. The van der Waals surface area contributed by atoms with Crippen LogP contribution in [0.3, 0.4) is 0 Å².